The third-order valence-electron chi connectivity index (χ3n) is 3.99. The number of primary amides is 1. The first-order valence-electron chi connectivity index (χ1n) is 8.07. The number of aromatic nitrogens is 4. The summed E-state index contributed by atoms with van der Waals surface area (Å²) in [7, 11) is 0. The van der Waals surface area contributed by atoms with Crippen LogP contribution in [0.1, 0.15) is 28.4 Å². The number of benzene rings is 1. The van der Waals surface area contributed by atoms with Crippen molar-refractivity contribution in [2.75, 3.05) is 5.32 Å². The van der Waals surface area contributed by atoms with Crippen molar-refractivity contribution in [3.8, 4) is 5.69 Å². The fourth-order valence-corrected chi connectivity index (χ4v) is 3.90. The molecule has 0 aliphatic heterocycles. The smallest absolute Gasteiger partial charge is 0.251 e. The average molecular weight is 403 g/mol. The number of nitrogens with two attached hydrogens (primary N) is 1. The summed E-state index contributed by atoms with van der Waals surface area (Å²) in [6.45, 7) is 5.80. The van der Waals surface area contributed by atoms with E-state index in [0.29, 0.717) is 15.7 Å². The summed E-state index contributed by atoms with van der Waals surface area (Å²) in [6, 6.07) is 7.50. The lowest BCUT2D eigenvalue weighted by Gasteiger charge is -2.12. The highest BCUT2D eigenvalue weighted by Gasteiger charge is 2.21. The van der Waals surface area contributed by atoms with Crippen LogP contribution in [-0.4, -0.2) is 37.3 Å². The number of anilines is 1. The summed E-state index contributed by atoms with van der Waals surface area (Å²) in [5.74, 6) is -0.842. The first-order chi connectivity index (χ1) is 12.9. The Bertz CT molecular complexity index is 997. The van der Waals surface area contributed by atoms with Crippen LogP contribution in [0.3, 0.4) is 0 Å². The fraction of sp³-hybridized carbons (Fsp3) is 0.235. The standard InChI is InChI=1S/C17H18N6O2S2/c1-9-4-5-12(8-10(9)2)23-17(20-21-22-23)27-11(3)15(25)19-16-13(14(18)24)6-7-26-16/h4-8,11H,1-3H3,(H2,18,24)(H,19,25)/t11-/m1/s1. The van der Waals surface area contributed by atoms with Gasteiger partial charge in [-0.2, -0.15) is 4.68 Å². The van der Waals surface area contributed by atoms with Crippen molar-refractivity contribution in [3.63, 3.8) is 0 Å². The van der Waals surface area contributed by atoms with E-state index < -0.39 is 11.2 Å². The van der Waals surface area contributed by atoms with Gasteiger partial charge in [0.1, 0.15) is 5.00 Å². The summed E-state index contributed by atoms with van der Waals surface area (Å²) in [5.41, 5.74) is 8.73. The van der Waals surface area contributed by atoms with Crippen LogP contribution in [0.2, 0.25) is 0 Å². The molecule has 2 aromatic heterocycles. The minimum absolute atomic E-state index is 0.264. The minimum Gasteiger partial charge on any atom is -0.366 e. The van der Waals surface area contributed by atoms with Gasteiger partial charge in [0, 0.05) is 0 Å². The number of aryl methyl sites for hydroxylation is 2. The molecule has 10 heteroatoms. The van der Waals surface area contributed by atoms with Crippen LogP contribution in [0.4, 0.5) is 5.00 Å². The number of rotatable bonds is 6. The summed E-state index contributed by atoms with van der Waals surface area (Å²) in [6.07, 6.45) is 0. The molecule has 0 bridgehead atoms. The van der Waals surface area contributed by atoms with Gasteiger partial charge < -0.3 is 11.1 Å². The van der Waals surface area contributed by atoms with Gasteiger partial charge in [-0.1, -0.05) is 17.8 Å². The SMILES string of the molecule is Cc1ccc(-n2nnnc2S[C@H](C)C(=O)Nc2sccc2C(N)=O)cc1C. The highest BCUT2D eigenvalue weighted by atomic mass is 32.2. The number of nitrogens with one attached hydrogen (secondary N) is 1. The molecule has 3 rings (SSSR count). The molecule has 0 fully saturated rings. The molecule has 1 atom stereocenters. The number of amides is 2. The van der Waals surface area contributed by atoms with Gasteiger partial charge in [0.05, 0.1) is 16.5 Å². The number of hydrogen-bond donors (Lipinski definition) is 2. The number of carbonyl (C=O) groups excluding carboxylic acids is 2. The minimum atomic E-state index is -0.578. The second-order valence-electron chi connectivity index (χ2n) is 5.92. The molecule has 2 heterocycles. The van der Waals surface area contributed by atoms with E-state index in [0.717, 1.165) is 11.3 Å². The number of tetrazole rings is 1. The largest absolute Gasteiger partial charge is 0.366 e. The Kier molecular flexibility index (Phi) is 5.57. The van der Waals surface area contributed by atoms with Crippen molar-refractivity contribution in [1.29, 1.82) is 0 Å². The van der Waals surface area contributed by atoms with Gasteiger partial charge in [-0.15, -0.1) is 16.4 Å². The van der Waals surface area contributed by atoms with Gasteiger partial charge in [0.15, 0.2) is 0 Å². The quantitative estimate of drug-likeness (QED) is 0.612. The normalized spacial score (nSPS) is 12.0. The number of thiophene rings is 1. The molecule has 1 aromatic carbocycles. The predicted molar refractivity (Wildman–Crippen MR) is 105 cm³/mol. The van der Waals surface area contributed by atoms with Crippen molar-refractivity contribution in [3.05, 3.63) is 46.3 Å². The summed E-state index contributed by atoms with van der Waals surface area (Å²) in [5, 5.41) is 16.7. The van der Waals surface area contributed by atoms with E-state index in [-0.39, 0.29) is 5.91 Å². The second-order valence-corrected chi connectivity index (χ2v) is 8.14. The lowest BCUT2D eigenvalue weighted by atomic mass is 10.1. The van der Waals surface area contributed by atoms with Crippen molar-refractivity contribution in [2.45, 2.75) is 31.2 Å². The van der Waals surface area contributed by atoms with E-state index in [1.807, 2.05) is 32.0 Å². The van der Waals surface area contributed by atoms with Crippen LogP contribution in [0.15, 0.2) is 34.8 Å². The van der Waals surface area contributed by atoms with E-state index >= 15 is 0 Å². The van der Waals surface area contributed by atoms with Gasteiger partial charge in [0.25, 0.3) is 5.91 Å². The Morgan fingerprint density at radius 2 is 2.04 bits per heavy atom. The van der Waals surface area contributed by atoms with Crippen molar-refractivity contribution in [2.24, 2.45) is 5.73 Å². The maximum Gasteiger partial charge on any atom is 0.251 e. The van der Waals surface area contributed by atoms with Crippen molar-refractivity contribution >= 4 is 39.9 Å². The third-order valence-corrected chi connectivity index (χ3v) is 5.86. The van der Waals surface area contributed by atoms with Gasteiger partial charge >= 0.3 is 0 Å². The molecule has 0 saturated carbocycles. The Hall–Kier alpha value is -2.72. The lowest BCUT2D eigenvalue weighted by molar-refractivity contribution is -0.115. The Balaban J connectivity index is 1.75. The van der Waals surface area contributed by atoms with E-state index in [9.17, 15) is 9.59 Å². The molecule has 0 unspecified atom stereocenters. The van der Waals surface area contributed by atoms with Gasteiger partial charge in [-0.05, 0) is 65.9 Å². The molecule has 27 heavy (non-hydrogen) atoms. The van der Waals surface area contributed by atoms with Crippen molar-refractivity contribution in [1.82, 2.24) is 20.2 Å². The summed E-state index contributed by atoms with van der Waals surface area (Å²) in [4.78, 5) is 23.9. The zero-order valence-corrected chi connectivity index (χ0v) is 16.6. The molecule has 0 radical (unpaired) electrons. The van der Waals surface area contributed by atoms with Crippen LogP contribution in [0.5, 0.6) is 0 Å². The summed E-state index contributed by atoms with van der Waals surface area (Å²) >= 11 is 2.48. The predicted octanol–water partition coefficient (Wildman–Crippen LogP) is 2.56. The number of carbonyl (C=O) groups is 2. The van der Waals surface area contributed by atoms with E-state index in [2.05, 4.69) is 20.8 Å². The fourth-order valence-electron chi connectivity index (χ4n) is 2.30. The third kappa shape index (κ3) is 4.17. The van der Waals surface area contributed by atoms with Crippen LogP contribution in [-0.2, 0) is 4.79 Å². The first kappa shape index (κ1) is 19.1. The zero-order valence-electron chi connectivity index (χ0n) is 15.0. The molecular formula is C17H18N6O2S2. The molecule has 2 amide bonds. The van der Waals surface area contributed by atoms with Crippen LogP contribution >= 0.6 is 23.1 Å². The van der Waals surface area contributed by atoms with Gasteiger partial charge in [-0.25, -0.2) is 0 Å². The average Bonchev–Trinajstić information content (AvgIpc) is 3.26. The molecule has 140 valence electrons. The van der Waals surface area contributed by atoms with Gasteiger partial charge in [-0.3, -0.25) is 9.59 Å². The van der Waals surface area contributed by atoms with Crippen LogP contribution < -0.4 is 11.1 Å². The van der Waals surface area contributed by atoms with Crippen molar-refractivity contribution < 1.29 is 9.59 Å². The Labute approximate surface area is 164 Å². The maximum absolute atomic E-state index is 12.5. The zero-order chi connectivity index (χ0) is 19.6. The molecule has 3 N–H and O–H groups in total. The maximum atomic E-state index is 12.5. The lowest BCUT2D eigenvalue weighted by Crippen LogP contribution is -2.24. The molecule has 0 saturated heterocycles. The highest BCUT2D eigenvalue weighted by molar-refractivity contribution is 8.00. The number of nitrogens with zero attached hydrogens (tertiary/aromatic N) is 4. The van der Waals surface area contributed by atoms with E-state index in [4.69, 9.17) is 5.73 Å². The Morgan fingerprint density at radius 1 is 1.26 bits per heavy atom. The topological polar surface area (TPSA) is 116 Å². The molecule has 0 aliphatic rings. The first-order valence-corrected chi connectivity index (χ1v) is 9.83. The van der Waals surface area contributed by atoms with E-state index in [1.54, 1.807) is 23.1 Å². The molecule has 0 spiro atoms. The highest BCUT2D eigenvalue weighted by Crippen LogP contribution is 2.27. The Morgan fingerprint density at radius 3 is 2.74 bits per heavy atom. The molecule has 3 aromatic rings. The summed E-state index contributed by atoms with van der Waals surface area (Å²) < 4.78 is 1.60. The molecule has 0 aliphatic carbocycles. The van der Waals surface area contributed by atoms with Crippen LogP contribution in [0, 0.1) is 13.8 Å². The van der Waals surface area contributed by atoms with Crippen LogP contribution in [0.25, 0.3) is 5.69 Å². The van der Waals surface area contributed by atoms with E-state index in [1.165, 1.54) is 28.7 Å². The number of thioether (sulfide) groups is 1. The molecular weight excluding hydrogens is 384 g/mol. The van der Waals surface area contributed by atoms with Gasteiger partial charge in [0.2, 0.25) is 11.1 Å². The molecule has 8 nitrogen and oxygen atoms in total. The second kappa shape index (κ2) is 7.89. The monoisotopic (exact) mass is 402 g/mol. The number of hydrogen-bond acceptors (Lipinski definition) is 7.